The summed E-state index contributed by atoms with van der Waals surface area (Å²) < 4.78 is 40.9. The van der Waals surface area contributed by atoms with Gasteiger partial charge in [-0.1, -0.05) is 28.8 Å². The summed E-state index contributed by atoms with van der Waals surface area (Å²) >= 11 is 5.15. The molecule has 0 heterocycles. The summed E-state index contributed by atoms with van der Waals surface area (Å²) in [5, 5.41) is 10.4. The van der Waals surface area contributed by atoms with E-state index in [1.54, 1.807) is 25.6 Å². The van der Waals surface area contributed by atoms with E-state index in [4.69, 9.17) is 0 Å². The minimum absolute atomic E-state index is 0.0587. The maximum atomic E-state index is 13.3. The quantitative estimate of drug-likeness (QED) is 0.249. The van der Waals surface area contributed by atoms with Gasteiger partial charge >= 0.3 is 12.2 Å². The van der Waals surface area contributed by atoms with Crippen LogP contribution in [0.15, 0.2) is 51.8 Å². The number of carbonyl (C=O) groups excluding carboxylic acids is 3. The van der Waals surface area contributed by atoms with E-state index in [0.29, 0.717) is 6.07 Å². The SMILES string of the molecule is CC(C)NC(=O)Nc1ccc(C(F)(F)F)cc1C(=O)NCC(=O)N[C@H]1CCCC[C@H]1CSc1ccc(Br)cc1. The van der Waals surface area contributed by atoms with E-state index in [0.717, 1.165) is 52.9 Å². The highest BCUT2D eigenvalue weighted by molar-refractivity contribution is 9.10. The number of rotatable bonds is 9. The van der Waals surface area contributed by atoms with Gasteiger partial charge in [0.15, 0.2) is 0 Å². The summed E-state index contributed by atoms with van der Waals surface area (Å²) in [7, 11) is 0. The molecule has 39 heavy (non-hydrogen) atoms. The van der Waals surface area contributed by atoms with E-state index in [1.807, 2.05) is 24.3 Å². The van der Waals surface area contributed by atoms with Crippen molar-refractivity contribution in [1.82, 2.24) is 16.0 Å². The van der Waals surface area contributed by atoms with E-state index >= 15 is 0 Å². The summed E-state index contributed by atoms with van der Waals surface area (Å²) in [5.74, 6) is -0.239. The molecule has 3 rings (SSSR count). The first-order chi connectivity index (χ1) is 18.4. The van der Waals surface area contributed by atoms with Gasteiger partial charge in [-0.05, 0) is 75.1 Å². The lowest BCUT2D eigenvalue weighted by atomic mass is 9.86. The number of amides is 4. The fraction of sp³-hybridized carbons (Fsp3) is 0.444. The molecule has 1 aliphatic carbocycles. The van der Waals surface area contributed by atoms with Crippen molar-refractivity contribution in [3.8, 4) is 0 Å². The maximum Gasteiger partial charge on any atom is 0.416 e. The number of nitrogens with one attached hydrogen (secondary N) is 4. The van der Waals surface area contributed by atoms with Crippen LogP contribution in [0.3, 0.4) is 0 Å². The third-order valence-electron chi connectivity index (χ3n) is 6.20. The van der Waals surface area contributed by atoms with Gasteiger partial charge in [0.05, 0.1) is 23.4 Å². The van der Waals surface area contributed by atoms with Gasteiger partial charge in [0, 0.05) is 27.2 Å². The van der Waals surface area contributed by atoms with Crippen LogP contribution in [0.4, 0.5) is 23.7 Å². The molecule has 1 saturated carbocycles. The molecule has 0 bridgehead atoms. The van der Waals surface area contributed by atoms with Crippen molar-refractivity contribution in [2.75, 3.05) is 17.6 Å². The van der Waals surface area contributed by atoms with Crippen molar-refractivity contribution < 1.29 is 27.6 Å². The fourth-order valence-corrected chi connectivity index (χ4v) is 5.68. The zero-order valence-corrected chi connectivity index (χ0v) is 24.1. The summed E-state index contributed by atoms with van der Waals surface area (Å²) in [6.07, 6.45) is -0.843. The zero-order valence-electron chi connectivity index (χ0n) is 21.7. The number of hydrogen-bond acceptors (Lipinski definition) is 4. The number of carbonyl (C=O) groups is 3. The predicted octanol–water partition coefficient (Wildman–Crippen LogP) is 6.19. The van der Waals surface area contributed by atoms with Crippen LogP contribution in [0.5, 0.6) is 0 Å². The Kier molecular flexibility index (Phi) is 11.1. The largest absolute Gasteiger partial charge is 0.416 e. The summed E-state index contributed by atoms with van der Waals surface area (Å²) in [5.41, 5.74) is -1.53. The molecular weight excluding hydrogens is 597 g/mol. The molecule has 2 aromatic rings. The standard InChI is InChI=1S/C27H32BrF3N4O3S/c1-16(2)33-26(38)35-23-12-7-18(27(29,30)31)13-21(23)25(37)32-14-24(36)34-22-6-4-3-5-17(22)15-39-20-10-8-19(28)9-11-20/h7-13,16-17,22H,3-6,14-15H2,1-2H3,(H,32,37)(H,34,36)(H2,33,35,38)/t17-,22-/m0/s1. The molecule has 0 unspecified atom stereocenters. The molecule has 2 atom stereocenters. The average molecular weight is 630 g/mol. The molecule has 1 aliphatic rings. The highest BCUT2D eigenvalue weighted by atomic mass is 79.9. The van der Waals surface area contributed by atoms with E-state index in [-0.39, 0.29) is 23.7 Å². The fourth-order valence-electron chi connectivity index (χ4n) is 4.28. The third-order valence-corrected chi connectivity index (χ3v) is 7.93. The molecule has 0 radical (unpaired) electrons. The number of halogens is 4. The molecule has 4 amide bonds. The van der Waals surface area contributed by atoms with Gasteiger partial charge in [-0.15, -0.1) is 11.8 Å². The van der Waals surface area contributed by atoms with E-state index in [2.05, 4.69) is 37.2 Å². The van der Waals surface area contributed by atoms with Crippen molar-refractivity contribution in [2.24, 2.45) is 5.92 Å². The minimum atomic E-state index is -4.69. The Morgan fingerprint density at radius 3 is 2.41 bits per heavy atom. The monoisotopic (exact) mass is 628 g/mol. The Labute approximate surface area is 238 Å². The molecule has 4 N–H and O–H groups in total. The molecule has 2 aromatic carbocycles. The highest BCUT2D eigenvalue weighted by Gasteiger charge is 2.32. The van der Waals surface area contributed by atoms with Crippen LogP contribution in [0.2, 0.25) is 0 Å². The van der Waals surface area contributed by atoms with Crippen LogP contribution in [0.25, 0.3) is 0 Å². The van der Waals surface area contributed by atoms with Crippen LogP contribution in [-0.4, -0.2) is 42.2 Å². The topological polar surface area (TPSA) is 99.3 Å². The van der Waals surface area contributed by atoms with Crippen LogP contribution in [0, 0.1) is 5.92 Å². The molecule has 0 spiro atoms. The van der Waals surface area contributed by atoms with Crippen molar-refractivity contribution >= 4 is 51.2 Å². The molecule has 12 heteroatoms. The van der Waals surface area contributed by atoms with Gasteiger partial charge in [-0.2, -0.15) is 13.2 Å². The van der Waals surface area contributed by atoms with E-state index < -0.39 is 41.7 Å². The van der Waals surface area contributed by atoms with Crippen molar-refractivity contribution in [2.45, 2.75) is 62.7 Å². The van der Waals surface area contributed by atoms with Gasteiger partial charge in [0.25, 0.3) is 5.91 Å². The molecule has 7 nitrogen and oxygen atoms in total. The van der Waals surface area contributed by atoms with Crippen molar-refractivity contribution in [3.63, 3.8) is 0 Å². The lowest BCUT2D eigenvalue weighted by Gasteiger charge is -2.32. The summed E-state index contributed by atoms with van der Waals surface area (Å²) in [4.78, 5) is 38.8. The summed E-state index contributed by atoms with van der Waals surface area (Å²) in [6, 6.07) is 9.54. The molecule has 1 fully saturated rings. The van der Waals surface area contributed by atoms with Gasteiger partial charge in [0.2, 0.25) is 5.91 Å². The Hall–Kier alpha value is -2.73. The molecule has 0 saturated heterocycles. The Bertz CT molecular complexity index is 1160. The Morgan fingerprint density at radius 1 is 1.05 bits per heavy atom. The van der Waals surface area contributed by atoms with Gasteiger partial charge in [0.1, 0.15) is 0 Å². The minimum Gasteiger partial charge on any atom is -0.352 e. The smallest absolute Gasteiger partial charge is 0.352 e. The van der Waals surface area contributed by atoms with Crippen LogP contribution < -0.4 is 21.3 Å². The number of benzene rings is 2. The lowest BCUT2D eigenvalue weighted by Crippen LogP contribution is -2.47. The number of urea groups is 1. The first-order valence-electron chi connectivity index (χ1n) is 12.7. The van der Waals surface area contributed by atoms with Gasteiger partial charge in [-0.25, -0.2) is 4.79 Å². The second kappa shape index (κ2) is 14.1. The number of alkyl halides is 3. The zero-order chi connectivity index (χ0) is 28.6. The average Bonchev–Trinajstić information content (AvgIpc) is 2.87. The summed E-state index contributed by atoms with van der Waals surface area (Å²) in [6.45, 7) is 3.03. The van der Waals surface area contributed by atoms with Gasteiger partial charge in [-0.3, -0.25) is 9.59 Å². The third kappa shape index (κ3) is 9.75. The molecule has 0 aliphatic heterocycles. The lowest BCUT2D eigenvalue weighted by molar-refractivity contribution is -0.137. The van der Waals surface area contributed by atoms with Crippen LogP contribution >= 0.6 is 27.7 Å². The van der Waals surface area contributed by atoms with Crippen molar-refractivity contribution in [1.29, 1.82) is 0 Å². The number of hydrogen-bond donors (Lipinski definition) is 4. The Morgan fingerprint density at radius 2 is 1.74 bits per heavy atom. The highest BCUT2D eigenvalue weighted by Crippen LogP contribution is 2.33. The van der Waals surface area contributed by atoms with E-state index in [9.17, 15) is 27.6 Å². The molecule has 212 valence electrons. The van der Waals surface area contributed by atoms with Crippen molar-refractivity contribution in [3.05, 3.63) is 58.1 Å². The maximum absolute atomic E-state index is 13.3. The number of anilines is 1. The van der Waals surface area contributed by atoms with Crippen LogP contribution in [-0.2, 0) is 11.0 Å². The molecule has 0 aromatic heterocycles. The predicted molar refractivity (Wildman–Crippen MR) is 150 cm³/mol. The normalized spacial score (nSPS) is 17.4. The second-order valence-electron chi connectivity index (χ2n) is 9.68. The van der Waals surface area contributed by atoms with E-state index in [1.165, 1.54) is 0 Å². The Balaban J connectivity index is 1.62. The second-order valence-corrected chi connectivity index (χ2v) is 11.7. The number of thioether (sulfide) groups is 1. The molecular formula is C27H32BrF3N4O3S. The van der Waals surface area contributed by atoms with Crippen LogP contribution in [0.1, 0.15) is 55.5 Å². The van der Waals surface area contributed by atoms with Gasteiger partial charge < -0.3 is 21.3 Å². The first-order valence-corrected chi connectivity index (χ1v) is 14.4. The first kappa shape index (κ1) is 30.8.